The van der Waals surface area contributed by atoms with Gasteiger partial charge in [-0.25, -0.2) is 0 Å². The molecule has 0 aliphatic carbocycles. The fraction of sp³-hybridized carbons (Fsp3) is 0.200. The Morgan fingerprint density at radius 1 is 1.07 bits per heavy atom. The second-order valence-corrected chi connectivity index (χ2v) is 6.55. The van der Waals surface area contributed by atoms with Crippen LogP contribution in [0.5, 0.6) is 17.2 Å². The number of alkyl halides is 2. The third-order valence-electron chi connectivity index (χ3n) is 3.63. The van der Waals surface area contributed by atoms with E-state index < -0.39 is 12.6 Å². The van der Waals surface area contributed by atoms with Gasteiger partial charge in [-0.2, -0.15) is 8.78 Å². The first-order chi connectivity index (χ1) is 13.8. The molecule has 2 aromatic carbocycles. The number of ether oxygens (including phenoxy) is 3. The molecule has 0 aromatic heterocycles. The van der Waals surface area contributed by atoms with Crippen molar-refractivity contribution in [2.24, 2.45) is 0 Å². The molecular weight excluding hydrogens is 406 g/mol. The lowest BCUT2D eigenvalue weighted by Gasteiger charge is -2.10. The number of carbonyl (C=O) groups excluding carboxylic acids is 1. The van der Waals surface area contributed by atoms with Gasteiger partial charge in [-0.05, 0) is 42.0 Å². The first-order valence-electron chi connectivity index (χ1n) is 8.22. The van der Waals surface area contributed by atoms with Gasteiger partial charge in [-0.3, -0.25) is 9.59 Å². The number of carboxylic acids is 1. The standard InChI is InChI=1S/C20H18F2O6S/c1-26-16-9-12(4-7-15(16)28-20(21)22)3-6-14(23)13-5-8-18(17(10-13)27-2)29-11-19(24)25/h3-10,20H,11H2,1-2H3,(H,24,25)/b6-3-. The summed E-state index contributed by atoms with van der Waals surface area (Å²) in [5.74, 6) is -1.00. The van der Waals surface area contributed by atoms with Crippen LogP contribution < -0.4 is 14.2 Å². The van der Waals surface area contributed by atoms with Crippen LogP contribution in [-0.4, -0.2) is 43.4 Å². The summed E-state index contributed by atoms with van der Waals surface area (Å²) in [4.78, 5) is 23.7. The number of benzene rings is 2. The molecule has 1 N–H and O–H groups in total. The Balaban J connectivity index is 2.16. The number of hydrogen-bond donors (Lipinski definition) is 1. The second-order valence-electron chi connectivity index (χ2n) is 5.53. The molecule has 0 atom stereocenters. The summed E-state index contributed by atoms with van der Waals surface area (Å²) in [5.41, 5.74) is 0.903. The molecule has 0 heterocycles. The molecule has 0 aliphatic rings. The van der Waals surface area contributed by atoms with Gasteiger partial charge in [0.15, 0.2) is 17.3 Å². The molecule has 2 aromatic rings. The average Bonchev–Trinajstić information content (AvgIpc) is 2.70. The molecule has 154 valence electrons. The van der Waals surface area contributed by atoms with Crippen molar-refractivity contribution in [3.05, 3.63) is 53.6 Å². The zero-order valence-electron chi connectivity index (χ0n) is 15.6. The molecule has 0 unspecified atom stereocenters. The summed E-state index contributed by atoms with van der Waals surface area (Å²) in [6.45, 7) is -2.97. The van der Waals surface area contributed by atoms with E-state index in [1.807, 2.05) is 0 Å². The third kappa shape index (κ3) is 6.49. The maximum Gasteiger partial charge on any atom is 0.387 e. The monoisotopic (exact) mass is 424 g/mol. The maximum absolute atomic E-state index is 12.4. The Kier molecular flexibility index (Phi) is 8.02. The first kappa shape index (κ1) is 22.2. The summed E-state index contributed by atoms with van der Waals surface area (Å²) in [5, 5.41) is 8.78. The molecule has 0 amide bonds. The van der Waals surface area contributed by atoms with Crippen molar-refractivity contribution < 1.29 is 37.7 Å². The van der Waals surface area contributed by atoms with Crippen LogP contribution in [-0.2, 0) is 4.79 Å². The van der Waals surface area contributed by atoms with Gasteiger partial charge in [-0.1, -0.05) is 12.1 Å². The van der Waals surface area contributed by atoms with E-state index in [0.29, 0.717) is 21.8 Å². The molecule has 0 saturated heterocycles. The lowest BCUT2D eigenvalue weighted by molar-refractivity contribution is -0.133. The van der Waals surface area contributed by atoms with E-state index in [2.05, 4.69) is 4.74 Å². The largest absolute Gasteiger partial charge is 0.496 e. The van der Waals surface area contributed by atoms with Crippen LogP contribution in [0.3, 0.4) is 0 Å². The summed E-state index contributed by atoms with van der Waals surface area (Å²) >= 11 is 1.09. The molecule has 0 spiro atoms. The minimum atomic E-state index is -2.97. The summed E-state index contributed by atoms with van der Waals surface area (Å²) in [7, 11) is 2.75. The van der Waals surface area contributed by atoms with Crippen molar-refractivity contribution in [3.8, 4) is 17.2 Å². The number of ketones is 1. The van der Waals surface area contributed by atoms with Gasteiger partial charge < -0.3 is 19.3 Å². The summed E-state index contributed by atoms with van der Waals surface area (Å²) in [6.07, 6.45) is 2.83. The van der Waals surface area contributed by atoms with Crippen molar-refractivity contribution in [3.63, 3.8) is 0 Å². The Morgan fingerprint density at radius 2 is 1.79 bits per heavy atom. The lowest BCUT2D eigenvalue weighted by atomic mass is 10.1. The first-order valence-corrected chi connectivity index (χ1v) is 9.20. The number of rotatable bonds is 10. The molecule has 0 aliphatic heterocycles. The molecular formula is C20H18F2O6S. The van der Waals surface area contributed by atoms with E-state index in [-0.39, 0.29) is 23.0 Å². The summed E-state index contributed by atoms with van der Waals surface area (Å²) < 4.78 is 39.4. The molecule has 0 saturated carbocycles. The van der Waals surface area contributed by atoms with Gasteiger partial charge in [0.1, 0.15) is 5.75 Å². The molecule has 0 fully saturated rings. The highest BCUT2D eigenvalue weighted by molar-refractivity contribution is 8.00. The lowest BCUT2D eigenvalue weighted by Crippen LogP contribution is -2.03. The summed E-state index contributed by atoms with van der Waals surface area (Å²) in [6, 6.07) is 9.01. The van der Waals surface area contributed by atoms with Crippen molar-refractivity contribution in [2.75, 3.05) is 20.0 Å². The van der Waals surface area contributed by atoms with Gasteiger partial charge in [0.25, 0.3) is 0 Å². The Morgan fingerprint density at radius 3 is 2.41 bits per heavy atom. The van der Waals surface area contributed by atoms with Crippen LogP contribution in [0.2, 0.25) is 0 Å². The number of halogens is 2. The van der Waals surface area contributed by atoms with E-state index in [1.165, 1.54) is 50.6 Å². The van der Waals surface area contributed by atoms with Gasteiger partial charge in [0.2, 0.25) is 0 Å². The van der Waals surface area contributed by atoms with Crippen LogP contribution in [0.1, 0.15) is 15.9 Å². The Bertz CT molecular complexity index is 914. The zero-order valence-corrected chi connectivity index (χ0v) is 16.4. The predicted octanol–water partition coefficient (Wildman–Crippen LogP) is 4.38. The van der Waals surface area contributed by atoms with Crippen molar-refractivity contribution in [1.82, 2.24) is 0 Å². The number of methoxy groups -OCH3 is 2. The van der Waals surface area contributed by atoms with Crippen LogP contribution in [0.4, 0.5) is 8.78 Å². The molecule has 0 bridgehead atoms. The molecule has 29 heavy (non-hydrogen) atoms. The molecule has 2 rings (SSSR count). The molecule has 6 nitrogen and oxygen atoms in total. The number of thioether (sulfide) groups is 1. The minimum absolute atomic E-state index is 0.106. The van der Waals surface area contributed by atoms with Gasteiger partial charge >= 0.3 is 12.6 Å². The van der Waals surface area contributed by atoms with Crippen molar-refractivity contribution in [1.29, 1.82) is 0 Å². The van der Waals surface area contributed by atoms with E-state index in [9.17, 15) is 18.4 Å². The fourth-order valence-electron chi connectivity index (χ4n) is 2.33. The highest BCUT2D eigenvalue weighted by Gasteiger charge is 2.12. The highest BCUT2D eigenvalue weighted by Crippen LogP contribution is 2.31. The third-order valence-corrected chi connectivity index (χ3v) is 4.67. The number of aliphatic carboxylic acids is 1. The Labute approximate surface area is 170 Å². The number of allylic oxidation sites excluding steroid dienone is 1. The van der Waals surface area contributed by atoms with E-state index in [0.717, 1.165) is 11.8 Å². The SMILES string of the molecule is COc1cc(/C=C\C(=O)c2ccc(SCC(=O)O)c(OC)c2)ccc1OC(F)F. The van der Waals surface area contributed by atoms with E-state index >= 15 is 0 Å². The number of hydrogen-bond acceptors (Lipinski definition) is 6. The topological polar surface area (TPSA) is 82.1 Å². The van der Waals surface area contributed by atoms with Gasteiger partial charge in [0, 0.05) is 10.5 Å². The Hall–Kier alpha value is -3.07. The van der Waals surface area contributed by atoms with Crippen LogP contribution in [0.25, 0.3) is 6.08 Å². The smallest absolute Gasteiger partial charge is 0.387 e. The van der Waals surface area contributed by atoms with E-state index in [1.54, 1.807) is 12.1 Å². The zero-order chi connectivity index (χ0) is 21.4. The van der Waals surface area contributed by atoms with Crippen LogP contribution in [0.15, 0.2) is 47.4 Å². The quantitative estimate of drug-likeness (QED) is 0.344. The fourth-order valence-corrected chi connectivity index (χ4v) is 3.06. The van der Waals surface area contributed by atoms with Crippen molar-refractivity contribution in [2.45, 2.75) is 11.5 Å². The van der Waals surface area contributed by atoms with Crippen LogP contribution >= 0.6 is 11.8 Å². The maximum atomic E-state index is 12.4. The minimum Gasteiger partial charge on any atom is -0.496 e. The number of carboxylic acid groups (broad SMARTS) is 1. The normalized spacial score (nSPS) is 10.9. The van der Waals surface area contributed by atoms with E-state index in [4.69, 9.17) is 14.6 Å². The predicted molar refractivity (Wildman–Crippen MR) is 104 cm³/mol. The van der Waals surface area contributed by atoms with Gasteiger partial charge in [-0.15, -0.1) is 11.8 Å². The molecule has 9 heteroatoms. The van der Waals surface area contributed by atoms with Crippen LogP contribution in [0, 0.1) is 0 Å². The highest BCUT2D eigenvalue weighted by atomic mass is 32.2. The van der Waals surface area contributed by atoms with Crippen molar-refractivity contribution >= 4 is 29.6 Å². The molecule has 0 radical (unpaired) electrons. The van der Waals surface area contributed by atoms with Gasteiger partial charge in [0.05, 0.1) is 20.0 Å². The average molecular weight is 424 g/mol. The second kappa shape index (κ2) is 10.5. The number of carbonyl (C=O) groups is 2.